The van der Waals surface area contributed by atoms with Crippen molar-refractivity contribution in [1.29, 1.82) is 0 Å². The molecular weight excluding hydrogens is 121 g/mol. The van der Waals surface area contributed by atoms with Crippen molar-refractivity contribution in [3.8, 4) is 0 Å². The van der Waals surface area contributed by atoms with Gasteiger partial charge in [-0.1, -0.05) is 0 Å². The molecule has 1 saturated heterocycles. The Labute approximate surface area is 53.6 Å². The zero-order valence-electron chi connectivity index (χ0n) is 5.27. The molecule has 3 heteroatoms. The van der Waals surface area contributed by atoms with Gasteiger partial charge in [-0.3, -0.25) is 4.79 Å². The van der Waals surface area contributed by atoms with E-state index in [0.29, 0.717) is 0 Å². The Hall–Kier alpha value is -0.600. The van der Waals surface area contributed by atoms with Gasteiger partial charge in [-0.25, -0.2) is 4.39 Å². The number of likely N-dealkylation sites (tertiary alicyclic amines) is 1. The molecule has 1 amide bonds. The Kier molecular flexibility index (Phi) is 2.03. The second kappa shape index (κ2) is 2.80. The highest BCUT2D eigenvalue weighted by molar-refractivity contribution is 5.77. The number of hydrogen-bond acceptors (Lipinski definition) is 1. The quantitative estimate of drug-likeness (QED) is 0.509. The van der Waals surface area contributed by atoms with Crippen LogP contribution in [0.4, 0.5) is 4.39 Å². The van der Waals surface area contributed by atoms with Crippen LogP contribution in [-0.2, 0) is 4.79 Å². The summed E-state index contributed by atoms with van der Waals surface area (Å²) in [5, 5.41) is 0. The zero-order valence-corrected chi connectivity index (χ0v) is 5.27. The van der Waals surface area contributed by atoms with Gasteiger partial charge in [-0.15, -0.1) is 0 Å². The van der Waals surface area contributed by atoms with Crippen molar-refractivity contribution in [3.63, 3.8) is 0 Å². The van der Waals surface area contributed by atoms with Crippen LogP contribution in [0.15, 0.2) is 0 Å². The topological polar surface area (TPSA) is 20.3 Å². The largest absolute Gasteiger partial charge is 0.340 e. The summed E-state index contributed by atoms with van der Waals surface area (Å²) in [5.74, 6) is -0.354. The molecule has 0 aromatic carbocycles. The van der Waals surface area contributed by atoms with Crippen LogP contribution in [0, 0.1) is 0 Å². The molecule has 52 valence electrons. The molecule has 1 aliphatic heterocycles. The van der Waals surface area contributed by atoms with Gasteiger partial charge in [0.2, 0.25) is 0 Å². The second-order valence-electron chi connectivity index (χ2n) is 2.22. The summed E-state index contributed by atoms with van der Waals surface area (Å²) in [7, 11) is 0. The van der Waals surface area contributed by atoms with Crippen molar-refractivity contribution >= 4 is 5.91 Å². The van der Waals surface area contributed by atoms with Gasteiger partial charge in [0.05, 0.1) is 0 Å². The van der Waals surface area contributed by atoms with Crippen molar-refractivity contribution in [2.24, 2.45) is 0 Å². The third-order valence-electron chi connectivity index (χ3n) is 1.57. The first-order valence-electron chi connectivity index (χ1n) is 3.18. The molecule has 2 nitrogen and oxygen atoms in total. The molecule has 1 aliphatic rings. The van der Waals surface area contributed by atoms with Crippen LogP contribution < -0.4 is 0 Å². The number of halogens is 1. The molecule has 0 aromatic heterocycles. The van der Waals surface area contributed by atoms with Crippen molar-refractivity contribution < 1.29 is 9.18 Å². The Morgan fingerprint density at radius 2 is 2.00 bits per heavy atom. The number of alkyl halides is 1. The monoisotopic (exact) mass is 131 g/mol. The molecule has 1 rings (SSSR count). The maximum Gasteiger partial charge on any atom is 0.253 e. The molecule has 0 N–H and O–H groups in total. The maximum atomic E-state index is 11.6. The Morgan fingerprint density at radius 3 is 2.44 bits per heavy atom. The third kappa shape index (κ3) is 1.40. The van der Waals surface area contributed by atoms with E-state index >= 15 is 0 Å². The SMILES string of the molecule is O=C(CF)N1CCCC1. The minimum absolute atomic E-state index is 0.354. The Morgan fingerprint density at radius 1 is 1.44 bits per heavy atom. The first-order chi connectivity index (χ1) is 4.34. The van der Waals surface area contributed by atoms with Crippen LogP contribution in [-0.4, -0.2) is 30.6 Å². The second-order valence-corrected chi connectivity index (χ2v) is 2.22. The average Bonchev–Trinajstić information content (AvgIpc) is 2.37. The van der Waals surface area contributed by atoms with E-state index in [1.165, 1.54) is 0 Å². The van der Waals surface area contributed by atoms with Crippen molar-refractivity contribution in [2.75, 3.05) is 19.8 Å². The van der Waals surface area contributed by atoms with E-state index in [0.717, 1.165) is 25.9 Å². The number of carbonyl (C=O) groups is 1. The highest BCUT2D eigenvalue weighted by Gasteiger charge is 2.16. The molecule has 1 heterocycles. The lowest BCUT2D eigenvalue weighted by atomic mass is 10.4. The molecule has 1 fully saturated rings. The third-order valence-corrected chi connectivity index (χ3v) is 1.57. The lowest BCUT2D eigenvalue weighted by molar-refractivity contribution is -0.130. The fourth-order valence-corrected chi connectivity index (χ4v) is 1.05. The summed E-state index contributed by atoms with van der Waals surface area (Å²) in [4.78, 5) is 12.1. The summed E-state index contributed by atoms with van der Waals surface area (Å²) < 4.78 is 11.6. The van der Waals surface area contributed by atoms with Gasteiger partial charge in [-0.2, -0.15) is 0 Å². The first kappa shape index (κ1) is 6.52. The van der Waals surface area contributed by atoms with Crippen molar-refractivity contribution in [3.05, 3.63) is 0 Å². The summed E-state index contributed by atoms with van der Waals surface area (Å²) in [6.45, 7) is 0.672. The number of hydrogen-bond donors (Lipinski definition) is 0. The highest BCUT2D eigenvalue weighted by Crippen LogP contribution is 2.06. The molecule has 0 spiro atoms. The summed E-state index contributed by atoms with van der Waals surface area (Å²) in [6, 6.07) is 0. The van der Waals surface area contributed by atoms with Gasteiger partial charge in [-0.05, 0) is 12.8 Å². The number of rotatable bonds is 1. The molecule has 9 heavy (non-hydrogen) atoms. The fourth-order valence-electron chi connectivity index (χ4n) is 1.05. The van der Waals surface area contributed by atoms with E-state index in [4.69, 9.17) is 0 Å². The van der Waals surface area contributed by atoms with Gasteiger partial charge < -0.3 is 4.90 Å². The van der Waals surface area contributed by atoms with E-state index in [2.05, 4.69) is 0 Å². The van der Waals surface area contributed by atoms with E-state index in [1.54, 1.807) is 4.90 Å². The van der Waals surface area contributed by atoms with Gasteiger partial charge >= 0.3 is 0 Å². The lowest BCUT2D eigenvalue weighted by Gasteiger charge is -2.11. The first-order valence-corrected chi connectivity index (χ1v) is 3.18. The summed E-state index contributed by atoms with van der Waals surface area (Å²) in [5.41, 5.74) is 0. The molecule has 0 atom stereocenters. The molecule has 0 aliphatic carbocycles. The van der Waals surface area contributed by atoms with Crippen LogP contribution in [0.2, 0.25) is 0 Å². The Balaban J connectivity index is 2.32. The van der Waals surface area contributed by atoms with E-state index in [1.807, 2.05) is 0 Å². The van der Waals surface area contributed by atoms with Gasteiger partial charge in [0, 0.05) is 13.1 Å². The van der Waals surface area contributed by atoms with E-state index < -0.39 is 6.67 Å². The molecule has 0 unspecified atom stereocenters. The standard InChI is InChI=1S/C6H10FNO/c7-5-6(9)8-3-1-2-4-8/h1-5H2. The smallest absolute Gasteiger partial charge is 0.253 e. The minimum atomic E-state index is -0.833. The molecule has 0 radical (unpaired) electrons. The minimum Gasteiger partial charge on any atom is -0.340 e. The number of nitrogens with zero attached hydrogens (tertiary/aromatic N) is 1. The normalized spacial score (nSPS) is 18.6. The van der Waals surface area contributed by atoms with Crippen LogP contribution in [0.3, 0.4) is 0 Å². The van der Waals surface area contributed by atoms with Crippen LogP contribution in [0.1, 0.15) is 12.8 Å². The molecular formula is C6H10FNO. The van der Waals surface area contributed by atoms with Gasteiger partial charge in [0.15, 0.2) is 6.67 Å². The van der Waals surface area contributed by atoms with Crippen LogP contribution in [0.25, 0.3) is 0 Å². The average molecular weight is 131 g/mol. The maximum absolute atomic E-state index is 11.6. The molecule has 0 saturated carbocycles. The fraction of sp³-hybridized carbons (Fsp3) is 0.833. The number of carbonyl (C=O) groups excluding carboxylic acids is 1. The molecule has 0 aromatic rings. The highest BCUT2D eigenvalue weighted by atomic mass is 19.1. The van der Waals surface area contributed by atoms with E-state index in [9.17, 15) is 9.18 Å². The van der Waals surface area contributed by atoms with Crippen LogP contribution >= 0.6 is 0 Å². The summed E-state index contributed by atoms with van der Waals surface area (Å²) >= 11 is 0. The zero-order chi connectivity index (χ0) is 6.69. The number of amides is 1. The Bertz CT molecular complexity index is 110. The van der Waals surface area contributed by atoms with Crippen molar-refractivity contribution in [1.82, 2.24) is 4.90 Å². The van der Waals surface area contributed by atoms with Crippen molar-refractivity contribution in [2.45, 2.75) is 12.8 Å². The lowest BCUT2D eigenvalue weighted by Crippen LogP contribution is -2.28. The van der Waals surface area contributed by atoms with Gasteiger partial charge in [0.25, 0.3) is 5.91 Å². The predicted molar refractivity (Wildman–Crippen MR) is 31.8 cm³/mol. The predicted octanol–water partition coefficient (Wildman–Crippen LogP) is 0.578. The molecule has 0 bridgehead atoms. The van der Waals surface area contributed by atoms with Crippen LogP contribution in [0.5, 0.6) is 0 Å². The summed E-state index contributed by atoms with van der Waals surface area (Å²) in [6.07, 6.45) is 2.07. The van der Waals surface area contributed by atoms with E-state index in [-0.39, 0.29) is 5.91 Å². The van der Waals surface area contributed by atoms with Gasteiger partial charge in [0.1, 0.15) is 0 Å².